The zero-order valence-electron chi connectivity index (χ0n) is 15.4. The third kappa shape index (κ3) is 4.55. The van der Waals surface area contributed by atoms with Gasteiger partial charge in [-0.25, -0.2) is 8.42 Å². The molecule has 1 fully saturated rings. The molecule has 0 spiro atoms. The second-order valence-corrected chi connectivity index (χ2v) is 8.33. The lowest BCUT2D eigenvalue weighted by Gasteiger charge is -2.26. The highest BCUT2D eigenvalue weighted by atomic mass is 32.2. The molecule has 3 rings (SSSR count). The van der Waals surface area contributed by atoms with Crippen LogP contribution in [0, 0.1) is 13.8 Å². The van der Waals surface area contributed by atoms with Crippen molar-refractivity contribution in [3.05, 3.63) is 41.3 Å². The van der Waals surface area contributed by atoms with E-state index in [2.05, 4.69) is 10.5 Å². The third-order valence-electron chi connectivity index (χ3n) is 4.51. The predicted octanol–water partition coefficient (Wildman–Crippen LogP) is 1.88. The van der Waals surface area contributed by atoms with Gasteiger partial charge in [0.2, 0.25) is 15.9 Å². The molecule has 0 unspecified atom stereocenters. The summed E-state index contributed by atoms with van der Waals surface area (Å²) in [6.45, 7) is 5.08. The largest absolute Gasteiger partial charge is 0.379 e. The average Bonchev–Trinajstić information content (AvgIpc) is 2.99. The Morgan fingerprint density at radius 1 is 1.26 bits per heavy atom. The number of nitrogens with zero attached hydrogens (tertiary/aromatic N) is 2. The van der Waals surface area contributed by atoms with Crippen LogP contribution in [0.3, 0.4) is 0 Å². The molecular weight excluding hydrogens is 370 g/mol. The van der Waals surface area contributed by atoms with Gasteiger partial charge in [-0.15, -0.1) is 0 Å². The van der Waals surface area contributed by atoms with Gasteiger partial charge in [0.25, 0.3) is 0 Å². The number of morpholine rings is 1. The number of amides is 1. The summed E-state index contributed by atoms with van der Waals surface area (Å²) in [5, 5.41) is 6.64. The lowest BCUT2D eigenvalue weighted by atomic mass is 10.1. The Balaban J connectivity index is 1.65. The standard InChI is InChI=1S/C18H23N3O5S/c1-13-17(14(2)26-20-13)6-7-18(22)19-15-4-3-5-16(12-15)27(23,24)21-8-10-25-11-9-21/h3-5,12H,6-11H2,1-2H3,(H,19,22). The van der Waals surface area contributed by atoms with E-state index in [0.717, 1.165) is 11.3 Å². The zero-order chi connectivity index (χ0) is 19.4. The maximum Gasteiger partial charge on any atom is 0.243 e. The lowest BCUT2D eigenvalue weighted by molar-refractivity contribution is -0.116. The molecule has 0 atom stereocenters. The number of hydrogen-bond acceptors (Lipinski definition) is 6. The molecule has 9 heteroatoms. The zero-order valence-corrected chi connectivity index (χ0v) is 16.2. The summed E-state index contributed by atoms with van der Waals surface area (Å²) < 4.78 is 37.1. The minimum Gasteiger partial charge on any atom is -0.379 e. The molecule has 1 aromatic carbocycles. The molecule has 1 saturated heterocycles. The van der Waals surface area contributed by atoms with Gasteiger partial charge in [0.1, 0.15) is 5.76 Å². The van der Waals surface area contributed by atoms with Crippen molar-refractivity contribution in [1.82, 2.24) is 9.46 Å². The fourth-order valence-electron chi connectivity index (χ4n) is 2.99. The lowest BCUT2D eigenvalue weighted by Crippen LogP contribution is -2.40. The summed E-state index contributed by atoms with van der Waals surface area (Å²) in [6.07, 6.45) is 0.766. The van der Waals surface area contributed by atoms with E-state index in [9.17, 15) is 13.2 Å². The smallest absolute Gasteiger partial charge is 0.243 e. The van der Waals surface area contributed by atoms with Crippen LogP contribution in [-0.4, -0.2) is 50.1 Å². The molecule has 0 radical (unpaired) electrons. The summed E-state index contributed by atoms with van der Waals surface area (Å²) in [5.74, 6) is 0.509. The summed E-state index contributed by atoms with van der Waals surface area (Å²) in [6, 6.07) is 6.31. The third-order valence-corrected chi connectivity index (χ3v) is 6.40. The Morgan fingerprint density at radius 2 is 2.00 bits per heavy atom. The molecule has 2 aromatic rings. The van der Waals surface area contributed by atoms with Crippen molar-refractivity contribution in [2.24, 2.45) is 0 Å². The van der Waals surface area contributed by atoms with Crippen molar-refractivity contribution < 1.29 is 22.5 Å². The molecule has 27 heavy (non-hydrogen) atoms. The molecule has 1 amide bonds. The first-order valence-electron chi connectivity index (χ1n) is 8.77. The first kappa shape index (κ1) is 19.5. The number of sulfonamides is 1. The van der Waals surface area contributed by atoms with Crippen molar-refractivity contribution in [1.29, 1.82) is 0 Å². The summed E-state index contributed by atoms with van der Waals surface area (Å²) in [7, 11) is -3.60. The SMILES string of the molecule is Cc1noc(C)c1CCC(=O)Nc1cccc(S(=O)(=O)N2CCOCC2)c1. The van der Waals surface area contributed by atoms with Gasteiger partial charge in [0.15, 0.2) is 0 Å². The molecule has 2 heterocycles. The molecule has 146 valence electrons. The molecule has 1 aliphatic heterocycles. The van der Waals surface area contributed by atoms with Crippen LogP contribution in [0.4, 0.5) is 5.69 Å². The van der Waals surface area contributed by atoms with Gasteiger partial charge in [-0.1, -0.05) is 11.2 Å². The van der Waals surface area contributed by atoms with Crippen molar-refractivity contribution >= 4 is 21.6 Å². The van der Waals surface area contributed by atoms with E-state index in [1.165, 1.54) is 16.4 Å². The van der Waals surface area contributed by atoms with Gasteiger partial charge >= 0.3 is 0 Å². The number of ether oxygens (including phenoxy) is 1. The molecule has 1 aliphatic rings. The normalized spacial score (nSPS) is 15.6. The van der Waals surface area contributed by atoms with Crippen LogP contribution in [0.2, 0.25) is 0 Å². The van der Waals surface area contributed by atoms with Crippen LogP contribution in [0.1, 0.15) is 23.4 Å². The molecular formula is C18H23N3O5S. The highest BCUT2D eigenvalue weighted by molar-refractivity contribution is 7.89. The Morgan fingerprint density at radius 3 is 2.67 bits per heavy atom. The number of hydrogen-bond donors (Lipinski definition) is 1. The first-order chi connectivity index (χ1) is 12.9. The summed E-state index contributed by atoms with van der Waals surface area (Å²) in [4.78, 5) is 12.4. The Hall–Kier alpha value is -2.23. The van der Waals surface area contributed by atoms with E-state index < -0.39 is 10.0 Å². The molecule has 0 bridgehead atoms. The van der Waals surface area contributed by atoms with E-state index in [0.29, 0.717) is 44.2 Å². The second-order valence-electron chi connectivity index (χ2n) is 6.40. The molecule has 0 aliphatic carbocycles. The number of nitrogens with one attached hydrogen (secondary N) is 1. The van der Waals surface area contributed by atoms with Crippen molar-refractivity contribution in [3.8, 4) is 0 Å². The van der Waals surface area contributed by atoms with Gasteiger partial charge < -0.3 is 14.6 Å². The minimum absolute atomic E-state index is 0.160. The van der Waals surface area contributed by atoms with Crippen LogP contribution in [0.15, 0.2) is 33.7 Å². The van der Waals surface area contributed by atoms with Crippen molar-refractivity contribution in [2.75, 3.05) is 31.6 Å². The van der Waals surface area contributed by atoms with Gasteiger partial charge in [0, 0.05) is 30.8 Å². The quantitative estimate of drug-likeness (QED) is 0.804. The highest BCUT2D eigenvalue weighted by Gasteiger charge is 2.26. The van der Waals surface area contributed by atoms with Crippen molar-refractivity contribution in [2.45, 2.75) is 31.6 Å². The van der Waals surface area contributed by atoms with Crippen LogP contribution >= 0.6 is 0 Å². The second kappa shape index (κ2) is 8.20. The Kier molecular flexibility index (Phi) is 5.93. The van der Waals surface area contributed by atoms with Crippen LogP contribution in [0.5, 0.6) is 0 Å². The fraction of sp³-hybridized carbons (Fsp3) is 0.444. The number of rotatable bonds is 6. The van der Waals surface area contributed by atoms with E-state index in [1.54, 1.807) is 12.1 Å². The van der Waals surface area contributed by atoms with Crippen LogP contribution < -0.4 is 5.32 Å². The summed E-state index contributed by atoms with van der Waals surface area (Å²) in [5.41, 5.74) is 2.15. The maximum atomic E-state index is 12.7. The van der Waals surface area contributed by atoms with Gasteiger partial charge in [-0.3, -0.25) is 4.79 Å². The summed E-state index contributed by atoms with van der Waals surface area (Å²) >= 11 is 0. The molecule has 1 aromatic heterocycles. The molecule has 0 saturated carbocycles. The average molecular weight is 393 g/mol. The highest BCUT2D eigenvalue weighted by Crippen LogP contribution is 2.21. The molecule has 1 N–H and O–H groups in total. The van der Waals surface area contributed by atoms with Crippen LogP contribution in [-0.2, 0) is 26.0 Å². The minimum atomic E-state index is -3.60. The number of carbonyl (C=O) groups is 1. The fourth-order valence-corrected chi connectivity index (χ4v) is 4.45. The van der Waals surface area contributed by atoms with Crippen LogP contribution in [0.25, 0.3) is 0 Å². The predicted molar refractivity (Wildman–Crippen MR) is 98.9 cm³/mol. The van der Waals surface area contributed by atoms with Gasteiger partial charge in [0.05, 0.1) is 23.8 Å². The van der Waals surface area contributed by atoms with E-state index in [4.69, 9.17) is 9.26 Å². The number of benzene rings is 1. The van der Waals surface area contributed by atoms with E-state index in [-0.39, 0.29) is 17.2 Å². The number of aromatic nitrogens is 1. The van der Waals surface area contributed by atoms with Gasteiger partial charge in [-0.05, 0) is 38.5 Å². The maximum absolute atomic E-state index is 12.7. The Labute approximate surface area is 158 Å². The Bertz CT molecular complexity index is 897. The first-order valence-corrected chi connectivity index (χ1v) is 10.2. The number of carbonyl (C=O) groups excluding carboxylic acids is 1. The number of aryl methyl sites for hydroxylation is 2. The van der Waals surface area contributed by atoms with E-state index in [1.807, 2.05) is 13.8 Å². The monoisotopic (exact) mass is 393 g/mol. The topological polar surface area (TPSA) is 102 Å². The molecule has 8 nitrogen and oxygen atoms in total. The van der Waals surface area contributed by atoms with Crippen molar-refractivity contribution in [3.63, 3.8) is 0 Å². The van der Waals surface area contributed by atoms with Gasteiger partial charge in [-0.2, -0.15) is 4.31 Å². The van der Waals surface area contributed by atoms with E-state index >= 15 is 0 Å². The number of anilines is 1.